The number of amides is 1. The molecule has 7 nitrogen and oxygen atoms in total. The second-order valence-corrected chi connectivity index (χ2v) is 9.39. The fraction of sp³-hybridized carbons (Fsp3) is 0.435. The van der Waals surface area contributed by atoms with Gasteiger partial charge in [-0.1, -0.05) is 31.5 Å². The molecule has 0 heterocycles. The first-order valence-corrected chi connectivity index (χ1v) is 11.8. The van der Waals surface area contributed by atoms with Gasteiger partial charge in [-0.2, -0.15) is 4.31 Å². The highest BCUT2D eigenvalue weighted by atomic mass is 32.2. The molecule has 0 aliphatic heterocycles. The third-order valence-corrected chi connectivity index (χ3v) is 6.76. The summed E-state index contributed by atoms with van der Waals surface area (Å²) in [4.78, 5) is 12.9. The number of hydrogen-bond acceptors (Lipinski definition) is 5. The molecule has 0 spiro atoms. The molecule has 0 aliphatic rings. The lowest BCUT2D eigenvalue weighted by Crippen LogP contribution is -2.30. The van der Waals surface area contributed by atoms with E-state index in [1.807, 2.05) is 39.0 Å². The number of ether oxygens (including phenoxy) is 2. The summed E-state index contributed by atoms with van der Waals surface area (Å²) in [6.45, 7) is 9.96. The molecule has 0 radical (unpaired) electrons. The van der Waals surface area contributed by atoms with Crippen molar-refractivity contribution >= 4 is 21.6 Å². The van der Waals surface area contributed by atoms with Crippen molar-refractivity contribution in [3.05, 3.63) is 47.5 Å². The van der Waals surface area contributed by atoms with Crippen molar-refractivity contribution in [2.45, 2.75) is 52.0 Å². The van der Waals surface area contributed by atoms with Gasteiger partial charge < -0.3 is 14.8 Å². The first-order chi connectivity index (χ1) is 14.6. The maximum atomic E-state index is 12.9. The van der Waals surface area contributed by atoms with E-state index in [0.717, 1.165) is 11.1 Å². The van der Waals surface area contributed by atoms with Gasteiger partial charge in [0, 0.05) is 18.7 Å². The van der Waals surface area contributed by atoms with Gasteiger partial charge in [0.2, 0.25) is 15.9 Å². The van der Waals surface area contributed by atoms with Crippen LogP contribution in [0.5, 0.6) is 11.5 Å². The maximum absolute atomic E-state index is 12.9. The molecular weight excluding hydrogens is 416 g/mol. The van der Waals surface area contributed by atoms with Crippen LogP contribution in [0.15, 0.2) is 41.3 Å². The first-order valence-electron chi connectivity index (χ1n) is 10.4. The Balaban J connectivity index is 2.38. The number of carbonyl (C=O) groups excluding carboxylic acids is 1. The highest BCUT2D eigenvalue weighted by Gasteiger charge is 2.24. The van der Waals surface area contributed by atoms with Crippen LogP contribution < -0.4 is 14.8 Å². The van der Waals surface area contributed by atoms with E-state index in [9.17, 15) is 13.2 Å². The van der Waals surface area contributed by atoms with Crippen LogP contribution in [0.1, 0.15) is 38.8 Å². The molecule has 0 bridgehead atoms. The number of sulfonamides is 1. The molecular formula is C23H32N2O5S. The standard InChI is InChI=1S/C23H32N2O5S/c1-7-25(8-2)31(27,28)19-10-12-22(30-16(3)4)20(15-19)24-23(26)14-18-13-17(5)9-11-21(18)29-6/h9-13,15-16H,7-8,14H2,1-6H3,(H,24,26). The molecule has 170 valence electrons. The second kappa shape index (κ2) is 10.6. The number of aryl methyl sites for hydroxylation is 1. The van der Waals surface area contributed by atoms with Crippen molar-refractivity contribution in [1.29, 1.82) is 0 Å². The zero-order valence-electron chi connectivity index (χ0n) is 19.1. The lowest BCUT2D eigenvalue weighted by molar-refractivity contribution is -0.115. The minimum absolute atomic E-state index is 0.0823. The van der Waals surface area contributed by atoms with E-state index >= 15 is 0 Å². The van der Waals surface area contributed by atoms with Crippen LogP contribution in [0.3, 0.4) is 0 Å². The van der Waals surface area contributed by atoms with Crippen LogP contribution in [0.2, 0.25) is 0 Å². The monoisotopic (exact) mass is 448 g/mol. The Hall–Kier alpha value is -2.58. The van der Waals surface area contributed by atoms with Crippen molar-refractivity contribution < 1.29 is 22.7 Å². The van der Waals surface area contributed by atoms with Crippen molar-refractivity contribution in [2.75, 3.05) is 25.5 Å². The Labute approximate surface area is 185 Å². The van der Waals surface area contributed by atoms with Gasteiger partial charge >= 0.3 is 0 Å². The summed E-state index contributed by atoms with van der Waals surface area (Å²) in [7, 11) is -2.12. The van der Waals surface area contributed by atoms with Crippen molar-refractivity contribution in [3.63, 3.8) is 0 Å². The molecule has 0 fully saturated rings. The van der Waals surface area contributed by atoms with E-state index in [-0.39, 0.29) is 23.3 Å². The largest absolute Gasteiger partial charge is 0.496 e. The average Bonchev–Trinajstić information content (AvgIpc) is 2.69. The molecule has 1 amide bonds. The summed E-state index contributed by atoms with van der Waals surface area (Å²) in [6.07, 6.45) is -0.0586. The van der Waals surface area contributed by atoms with E-state index in [0.29, 0.717) is 30.3 Å². The van der Waals surface area contributed by atoms with Gasteiger partial charge in [-0.25, -0.2) is 8.42 Å². The number of anilines is 1. The number of benzene rings is 2. The lowest BCUT2D eigenvalue weighted by Gasteiger charge is -2.21. The van der Waals surface area contributed by atoms with Gasteiger partial charge in [0.25, 0.3) is 0 Å². The SMILES string of the molecule is CCN(CC)S(=O)(=O)c1ccc(OC(C)C)c(NC(=O)Cc2cc(C)ccc2OC)c1. The molecule has 0 atom stereocenters. The molecule has 2 aromatic rings. The molecule has 2 rings (SSSR count). The maximum Gasteiger partial charge on any atom is 0.243 e. The van der Waals surface area contributed by atoms with Crippen LogP contribution >= 0.6 is 0 Å². The normalized spacial score (nSPS) is 11.6. The third-order valence-electron chi connectivity index (χ3n) is 4.72. The molecule has 8 heteroatoms. The second-order valence-electron chi connectivity index (χ2n) is 7.45. The minimum Gasteiger partial charge on any atom is -0.496 e. The third kappa shape index (κ3) is 6.21. The van der Waals surface area contributed by atoms with Crippen LogP contribution in [0, 0.1) is 6.92 Å². The fourth-order valence-electron chi connectivity index (χ4n) is 3.25. The van der Waals surface area contributed by atoms with E-state index in [4.69, 9.17) is 9.47 Å². The van der Waals surface area contributed by atoms with E-state index < -0.39 is 10.0 Å². The van der Waals surface area contributed by atoms with Gasteiger partial charge in [-0.15, -0.1) is 0 Å². The smallest absolute Gasteiger partial charge is 0.243 e. The summed E-state index contributed by atoms with van der Waals surface area (Å²) < 4.78 is 38.4. The van der Waals surface area contributed by atoms with Crippen molar-refractivity contribution in [1.82, 2.24) is 4.31 Å². The van der Waals surface area contributed by atoms with Crippen molar-refractivity contribution in [3.8, 4) is 11.5 Å². The lowest BCUT2D eigenvalue weighted by atomic mass is 10.1. The quantitative estimate of drug-likeness (QED) is 0.594. The van der Waals surface area contributed by atoms with Crippen molar-refractivity contribution in [2.24, 2.45) is 0 Å². The van der Waals surface area contributed by atoms with E-state index in [2.05, 4.69) is 5.32 Å². The molecule has 0 unspecified atom stereocenters. The van der Waals surface area contributed by atoms with Gasteiger partial charge in [-0.05, 0) is 45.0 Å². The average molecular weight is 449 g/mol. The zero-order chi connectivity index (χ0) is 23.2. The van der Waals surface area contributed by atoms with Gasteiger partial charge in [0.15, 0.2) is 0 Å². The highest BCUT2D eigenvalue weighted by Crippen LogP contribution is 2.30. The Bertz CT molecular complexity index is 1010. The molecule has 31 heavy (non-hydrogen) atoms. The number of nitrogens with zero attached hydrogens (tertiary/aromatic N) is 1. The Kier molecular flexibility index (Phi) is 8.47. The number of rotatable bonds is 10. The molecule has 0 aliphatic carbocycles. The van der Waals surface area contributed by atoms with E-state index in [1.165, 1.54) is 16.4 Å². The number of carbonyl (C=O) groups is 1. The summed E-state index contributed by atoms with van der Waals surface area (Å²) >= 11 is 0. The Morgan fingerprint density at radius 2 is 1.71 bits per heavy atom. The number of hydrogen-bond donors (Lipinski definition) is 1. The van der Waals surface area contributed by atoms with Gasteiger partial charge in [0.1, 0.15) is 11.5 Å². The summed E-state index contributed by atoms with van der Waals surface area (Å²) in [5.74, 6) is 0.741. The van der Waals surface area contributed by atoms with Crippen LogP contribution in [0.4, 0.5) is 5.69 Å². The zero-order valence-corrected chi connectivity index (χ0v) is 19.9. The molecule has 0 saturated carbocycles. The van der Waals surface area contributed by atoms with Gasteiger partial charge in [-0.3, -0.25) is 4.79 Å². The first kappa shape index (κ1) is 24.7. The number of nitrogens with one attached hydrogen (secondary N) is 1. The Morgan fingerprint density at radius 3 is 2.29 bits per heavy atom. The molecule has 2 aromatic carbocycles. The van der Waals surface area contributed by atoms with E-state index in [1.54, 1.807) is 27.0 Å². The summed E-state index contributed by atoms with van der Waals surface area (Å²) in [5.41, 5.74) is 2.08. The topological polar surface area (TPSA) is 84.9 Å². The predicted molar refractivity (Wildman–Crippen MR) is 122 cm³/mol. The molecule has 0 aromatic heterocycles. The fourth-order valence-corrected chi connectivity index (χ4v) is 4.73. The van der Waals surface area contributed by atoms with Crippen LogP contribution in [-0.4, -0.2) is 44.9 Å². The Morgan fingerprint density at radius 1 is 1.06 bits per heavy atom. The van der Waals surface area contributed by atoms with Crippen LogP contribution in [-0.2, 0) is 21.2 Å². The minimum atomic E-state index is -3.67. The highest BCUT2D eigenvalue weighted by molar-refractivity contribution is 7.89. The predicted octanol–water partition coefficient (Wildman–Crippen LogP) is 4.00. The number of methoxy groups -OCH3 is 1. The van der Waals surface area contributed by atoms with Crippen LogP contribution in [0.25, 0.3) is 0 Å². The molecule has 0 saturated heterocycles. The summed E-state index contributed by atoms with van der Waals surface area (Å²) in [5, 5.41) is 2.82. The summed E-state index contributed by atoms with van der Waals surface area (Å²) in [6, 6.07) is 10.2. The van der Waals surface area contributed by atoms with Gasteiger partial charge in [0.05, 0.1) is 30.2 Å². The molecule has 1 N–H and O–H groups in total.